The zero-order chi connectivity index (χ0) is 7.84. The molecule has 11 heavy (non-hydrogen) atoms. The topological polar surface area (TPSA) is 56.7 Å². The molecule has 0 bridgehead atoms. The van der Waals surface area contributed by atoms with E-state index in [0.29, 0.717) is 17.3 Å². The molecule has 0 radical (unpaired) electrons. The molecular formula is C6H8N4O. The Morgan fingerprint density at radius 2 is 2.36 bits per heavy atom. The van der Waals surface area contributed by atoms with E-state index in [1.54, 1.807) is 4.68 Å². The Labute approximate surface area is 63.0 Å². The van der Waals surface area contributed by atoms with Crippen LogP contribution in [0.5, 0.6) is 0 Å². The summed E-state index contributed by atoms with van der Waals surface area (Å²) in [6, 6.07) is 0.333. The molecule has 0 aromatic carbocycles. The van der Waals surface area contributed by atoms with Gasteiger partial charge in [0.2, 0.25) is 0 Å². The molecule has 0 aliphatic carbocycles. The molecule has 2 heterocycles. The highest BCUT2D eigenvalue weighted by Gasteiger charge is 2.07. The molecule has 0 amide bonds. The second-order valence-corrected chi connectivity index (χ2v) is 2.67. The van der Waals surface area contributed by atoms with E-state index in [-0.39, 0.29) is 0 Å². The summed E-state index contributed by atoms with van der Waals surface area (Å²) < 4.78 is 6.55. The SMILES string of the molecule is CC(C)n1cc2nnoc2n1. The Balaban J connectivity index is 2.58. The predicted molar refractivity (Wildman–Crippen MR) is 38.0 cm³/mol. The molecule has 2 rings (SSSR count). The first kappa shape index (κ1) is 6.33. The third kappa shape index (κ3) is 0.886. The van der Waals surface area contributed by atoms with E-state index < -0.39 is 0 Å². The molecule has 58 valence electrons. The van der Waals surface area contributed by atoms with Crippen molar-refractivity contribution in [1.82, 2.24) is 20.2 Å². The van der Waals surface area contributed by atoms with Crippen LogP contribution in [0.2, 0.25) is 0 Å². The van der Waals surface area contributed by atoms with Crippen LogP contribution in [0, 0.1) is 0 Å². The van der Waals surface area contributed by atoms with Crippen molar-refractivity contribution in [2.75, 3.05) is 0 Å². The van der Waals surface area contributed by atoms with Gasteiger partial charge in [0.15, 0.2) is 5.52 Å². The highest BCUT2D eigenvalue weighted by Crippen LogP contribution is 2.10. The van der Waals surface area contributed by atoms with Gasteiger partial charge in [-0.1, -0.05) is 0 Å². The molecule has 0 aliphatic heterocycles. The number of hydrogen-bond donors (Lipinski definition) is 0. The van der Waals surface area contributed by atoms with Gasteiger partial charge in [-0.15, -0.1) is 10.2 Å². The molecule has 2 aromatic heterocycles. The monoisotopic (exact) mass is 152 g/mol. The zero-order valence-corrected chi connectivity index (χ0v) is 6.35. The smallest absolute Gasteiger partial charge is 0.296 e. The largest absolute Gasteiger partial charge is 0.314 e. The van der Waals surface area contributed by atoms with E-state index in [4.69, 9.17) is 4.52 Å². The summed E-state index contributed by atoms with van der Waals surface area (Å²) in [6.07, 6.45) is 1.82. The number of aromatic nitrogens is 4. The van der Waals surface area contributed by atoms with Gasteiger partial charge in [-0.25, -0.2) is 0 Å². The normalized spacial score (nSPS) is 11.5. The molecular weight excluding hydrogens is 144 g/mol. The first-order valence-electron chi connectivity index (χ1n) is 3.44. The Morgan fingerprint density at radius 3 is 3.00 bits per heavy atom. The highest BCUT2D eigenvalue weighted by molar-refractivity contribution is 5.65. The number of rotatable bonds is 1. The molecule has 0 N–H and O–H groups in total. The minimum atomic E-state index is 0.333. The van der Waals surface area contributed by atoms with Crippen LogP contribution in [-0.2, 0) is 0 Å². The van der Waals surface area contributed by atoms with Crippen LogP contribution in [0.15, 0.2) is 10.7 Å². The van der Waals surface area contributed by atoms with Crippen LogP contribution in [0.3, 0.4) is 0 Å². The average Bonchev–Trinajstić information content (AvgIpc) is 2.40. The van der Waals surface area contributed by atoms with Crippen LogP contribution >= 0.6 is 0 Å². The molecule has 0 saturated heterocycles. The molecule has 5 nitrogen and oxygen atoms in total. The lowest BCUT2D eigenvalue weighted by Crippen LogP contribution is -2.00. The van der Waals surface area contributed by atoms with Crippen LogP contribution in [0.4, 0.5) is 0 Å². The van der Waals surface area contributed by atoms with Crippen molar-refractivity contribution < 1.29 is 4.52 Å². The van der Waals surface area contributed by atoms with E-state index in [9.17, 15) is 0 Å². The molecule has 0 aliphatic rings. The van der Waals surface area contributed by atoms with Crippen molar-refractivity contribution in [3.63, 3.8) is 0 Å². The summed E-state index contributed by atoms with van der Waals surface area (Å²) in [6.45, 7) is 4.08. The number of fused-ring (bicyclic) bond motifs is 1. The second kappa shape index (κ2) is 2.05. The van der Waals surface area contributed by atoms with E-state index in [2.05, 4.69) is 15.5 Å². The van der Waals surface area contributed by atoms with Crippen molar-refractivity contribution in [3.8, 4) is 0 Å². The molecule has 0 atom stereocenters. The summed E-state index contributed by atoms with van der Waals surface area (Å²) in [5, 5.41) is 11.2. The van der Waals surface area contributed by atoms with E-state index >= 15 is 0 Å². The Morgan fingerprint density at radius 1 is 1.55 bits per heavy atom. The predicted octanol–water partition coefficient (Wildman–Crippen LogP) is 1.00. The lowest BCUT2D eigenvalue weighted by Gasteiger charge is -2.01. The molecule has 0 spiro atoms. The Bertz CT molecular complexity index is 333. The lowest BCUT2D eigenvalue weighted by atomic mass is 10.4. The van der Waals surface area contributed by atoms with Crippen molar-refractivity contribution in [1.29, 1.82) is 0 Å². The first-order chi connectivity index (χ1) is 5.27. The summed E-state index contributed by atoms with van der Waals surface area (Å²) in [4.78, 5) is 0. The fraction of sp³-hybridized carbons (Fsp3) is 0.500. The van der Waals surface area contributed by atoms with Crippen LogP contribution in [0.1, 0.15) is 19.9 Å². The first-order valence-corrected chi connectivity index (χ1v) is 3.44. The summed E-state index contributed by atoms with van der Waals surface area (Å²) in [7, 11) is 0. The third-order valence-corrected chi connectivity index (χ3v) is 1.48. The van der Waals surface area contributed by atoms with Crippen LogP contribution in [0.25, 0.3) is 11.2 Å². The lowest BCUT2D eigenvalue weighted by molar-refractivity contribution is 0.405. The van der Waals surface area contributed by atoms with Gasteiger partial charge in [0.05, 0.1) is 6.20 Å². The number of hydrogen-bond acceptors (Lipinski definition) is 4. The van der Waals surface area contributed by atoms with E-state index in [1.807, 2.05) is 20.0 Å². The van der Waals surface area contributed by atoms with Gasteiger partial charge in [-0.3, -0.25) is 4.68 Å². The van der Waals surface area contributed by atoms with Crippen molar-refractivity contribution in [2.45, 2.75) is 19.9 Å². The highest BCUT2D eigenvalue weighted by atomic mass is 16.5. The quantitative estimate of drug-likeness (QED) is 0.611. The molecule has 0 saturated carbocycles. The molecule has 0 fully saturated rings. The van der Waals surface area contributed by atoms with Gasteiger partial charge in [-0.2, -0.15) is 0 Å². The average molecular weight is 152 g/mol. The minimum Gasteiger partial charge on any atom is -0.314 e. The Hall–Kier alpha value is -1.39. The van der Waals surface area contributed by atoms with Crippen molar-refractivity contribution >= 4 is 11.2 Å². The van der Waals surface area contributed by atoms with Gasteiger partial charge in [0.1, 0.15) is 0 Å². The molecule has 2 aromatic rings. The summed E-state index contributed by atoms with van der Waals surface area (Å²) >= 11 is 0. The fourth-order valence-electron chi connectivity index (χ4n) is 0.867. The standard InChI is InChI=1S/C6H8N4O/c1-4(2)10-3-5-6(8-10)11-9-7-5/h3-4H,1-2H3. The van der Waals surface area contributed by atoms with Crippen LogP contribution in [-0.4, -0.2) is 20.2 Å². The zero-order valence-electron chi connectivity index (χ0n) is 6.35. The van der Waals surface area contributed by atoms with Gasteiger partial charge >= 0.3 is 0 Å². The summed E-state index contributed by atoms with van der Waals surface area (Å²) in [5.74, 6) is 0. The molecule has 0 unspecified atom stereocenters. The second-order valence-electron chi connectivity index (χ2n) is 2.67. The van der Waals surface area contributed by atoms with Crippen molar-refractivity contribution in [3.05, 3.63) is 6.20 Å². The maximum atomic E-state index is 4.76. The maximum Gasteiger partial charge on any atom is 0.296 e. The van der Waals surface area contributed by atoms with Gasteiger partial charge in [0.25, 0.3) is 5.71 Å². The maximum absolute atomic E-state index is 4.76. The minimum absolute atomic E-state index is 0.333. The van der Waals surface area contributed by atoms with Gasteiger partial charge in [0, 0.05) is 11.3 Å². The van der Waals surface area contributed by atoms with Crippen molar-refractivity contribution in [2.24, 2.45) is 0 Å². The van der Waals surface area contributed by atoms with E-state index in [0.717, 1.165) is 0 Å². The van der Waals surface area contributed by atoms with Crippen LogP contribution < -0.4 is 0 Å². The van der Waals surface area contributed by atoms with E-state index in [1.165, 1.54) is 0 Å². The Kier molecular flexibility index (Phi) is 1.18. The van der Waals surface area contributed by atoms with Gasteiger partial charge in [-0.05, 0) is 13.8 Å². The number of nitrogens with zero attached hydrogens (tertiary/aromatic N) is 4. The van der Waals surface area contributed by atoms with Gasteiger partial charge < -0.3 is 4.52 Å². The fourth-order valence-corrected chi connectivity index (χ4v) is 0.867. The molecule has 5 heteroatoms. The summed E-state index contributed by atoms with van der Waals surface area (Å²) in [5.41, 5.74) is 1.21. The third-order valence-electron chi connectivity index (χ3n) is 1.48.